The van der Waals surface area contributed by atoms with Gasteiger partial charge in [0, 0.05) is 12.1 Å². The molecule has 0 saturated heterocycles. The third-order valence-corrected chi connectivity index (χ3v) is 4.30. The van der Waals surface area contributed by atoms with Crippen molar-refractivity contribution in [1.29, 1.82) is 0 Å². The van der Waals surface area contributed by atoms with Crippen molar-refractivity contribution in [2.75, 3.05) is 43.4 Å². The van der Waals surface area contributed by atoms with Crippen molar-refractivity contribution in [3.63, 3.8) is 0 Å². The average molecular weight is 368 g/mol. The smallest absolute Gasteiger partial charge is 0.224 e. The van der Waals surface area contributed by atoms with Gasteiger partial charge < -0.3 is 26.8 Å². The lowest BCUT2D eigenvalue weighted by Gasteiger charge is -2.18. The number of hydrogen-bond donors (Lipinski definition) is 3. The Morgan fingerprint density at radius 2 is 1.59 bits per heavy atom. The molecule has 2 aromatic heterocycles. The van der Waals surface area contributed by atoms with Crippen molar-refractivity contribution < 1.29 is 4.74 Å². The van der Waals surface area contributed by atoms with Crippen LogP contribution in [0.1, 0.15) is 13.8 Å². The zero-order valence-electron chi connectivity index (χ0n) is 15.5. The molecule has 9 heteroatoms. The minimum atomic E-state index is 0.0349. The van der Waals surface area contributed by atoms with Crippen LogP contribution < -0.4 is 21.9 Å². The fourth-order valence-electron chi connectivity index (χ4n) is 2.75. The molecule has 0 aliphatic carbocycles. The molecule has 0 amide bonds. The summed E-state index contributed by atoms with van der Waals surface area (Å²) >= 11 is 0. The lowest BCUT2D eigenvalue weighted by Crippen LogP contribution is -2.27. The second-order valence-corrected chi connectivity index (χ2v) is 6.00. The number of rotatable bonds is 7. The third kappa shape index (κ3) is 4.14. The van der Waals surface area contributed by atoms with E-state index in [-0.39, 0.29) is 23.2 Å². The van der Waals surface area contributed by atoms with Crippen LogP contribution in [0.25, 0.3) is 22.4 Å². The van der Waals surface area contributed by atoms with Crippen molar-refractivity contribution in [3.8, 4) is 17.0 Å². The summed E-state index contributed by atoms with van der Waals surface area (Å²) in [6, 6.07) is 7.53. The van der Waals surface area contributed by atoms with Gasteiger partial charge >= 0.3 is 0 Å². The summed E-state index contributed by atoms with van der Waals surface area (Å²) in [5, 5.41) is 0. The van der Waals surface area contributed by atoms with E-state index in [1.54, 1.807) is 0 Å². The number of likely N-dealkylation sites (N-methyl/N-ethyl adjacent to an activating group) is 1. The van der Waals surface area contributed by atoms with E-state index >= 15 is 0 Å². The highest BCUT2D eigenvalue weighted by Crippen LogP contribution is 2.27. The second-order valence-electron chi connectivity index (χ2n) is 6.00. The molecule has 1 aromatic carbocycles. The van der Waals surface area contributed by atoms with Gasteiger partial charge in [-0.25, -0.2) is 9.97 Å². The molecule has 0 aliphatic heterocycles. The fourth-order valence-corrected chi connectivity index (χ4v) is 2.75. The van der Waals surface area contributed by atoms with E-state index in [9.17, 15) is 0 Å². The Bertz CT molecular complexity index is 925. The van der Waals surface area contributed by atoms with Crippen LogP contribution in [-0.2, 0) is 0 Å². The number of benzene rings is 1. The van der Waals surface area contributed by atoms with Crippen molar-refractivity contribution in [2.45, 2.75) is 13.8 Å². The topological polar surface area (TPSA) is 142 Å². The molecule has 9 nitrogen and oxygen atoms in total. The molecule has 142 valence electrons. The minimum absolute atomic E-state index is 0.0349. The van der Waals surface area contributed by atoms with Gasteiger partial charge in [-0.1, -0.05) is 13.8 Å². The summed E-state index contributed by atoms with van der Waals surface area (Å²) < 4.78 is 5.80. The van der Waals surface area contributed by atoms with Crippen LogP contribution in [0.4, 0.5) is 17.6 Å². The van der Waals surface area contributed by atoms with Crippen molar-refractivity contribution in [2.24, 2.45) is 0 Å². The van der Waals surface area contributed by atoms with Crippen molar-refractivity contribution >= 4 is 28.7 Å². The molecule has 0 spiro atoms. The predicted molar refractivity (Wildman–Crippen MR) is 107 cm³/mol. The average Bonchev–Trinajstić information content (AvgIpc) is 2.65. The molecule has 2 heterocycles. The summed E-state index contributed by atoms with van der Waals surface area (Å²) in [5.74, 6) is 1.24. The third-order valence-electron chi connectivity index (χ3n) is 4.30. The van der Waals surface area contributed by atoms with Gasteiger partial charge in [-0.05, 0) is 37.4 Å². The number of nitrogens with zero attached hydrogens (tertiary/aromatic N) is 5. The first kappa shape index (κ1) is 18.6. The van der Waals surface area contributed by atoms with E-state index in [2.05, 4.69) is 38.7 Å². The summed E-state index contributed by atoms with van der Waals surface area (Å²) in [5.41, 5.74) is 19.5. The molecule has 0 unspecified atom stereocenters. The molecule has 6 N–H and O–H groups in total. The van der Waals surface area contributed by atoms with Crippen LogP contribution in [0.3, 0.4) is 0 Å². The molecule has 27 heavy (non-hydrogen) atoms. The first-order valence-electron chi connectivity index (χ1n) is 8.83. The number of aromatic nitrogens is 4. The molecule has 3 rings (SSSR count). The monoisotopic (exact) mass is 368 g/mol. The Labute approximate surface area is 157 Å². The van der Waals surface area contributed by atoms with E-state index < -0.39 is 0 Å². The highest BCUT2D eigenvalue weighted by molar-refractivity contribution is 5.87. The highest BCUT2D eigenvalue weighted by Gasteiger charge is 2.13. The standard InChI is InChI=1S/C18H24N8O/c1-3-26(4-2)9-10-27-12-7-5-11(6-8-12)13-15(19)23-17-14(22-13)16(20)24-18(21)25-17/h5-8H,3-4,9-10H2,1-2H3,(H6,19,20,21,23,24,25). The molecule has 3 aromatic rings. The maximum absolute atomic E-state index is 6.05. The normalized spacial score (nSPS) is 11.2. The van der Waals surface area contributed by atoms with Gasteiger partial charge in [0.1, 0.15) is 18.1 Å². The quantitative estimate of drug-likeness (QED) is 0.566. The van der Waals surface area contributed by atoms with Gasteiger partial charge in [-0.3, -0.25) is 0 Å². The molecule has 0 saturated carbocycles. The summed E-state index contributed by atoms with van der Waals surface area (Å²) in [7, 11) is 0. The van der Waals surface area contributed by atoms with Gasteiger partial charge in [-0.15, -0.1) is 0 Å². The maximum Gasteiger partial charge on any atom is 0.224 e. The first-order valence-corrected chi connectivity index (χ1v) is 8.83. The lowest BCUT2D eigenvalue weighted by molar-refractivity contribution is 0.223. The van der Waals surface area contributed by atoms with E-state index in [4.69, 9.17) is 21.9 Å². The van der Waals surface area contributed by atoms with Crippen LogP contribution in [0.15, 0.2) is 24.3 Å². The molecular weight excluding hydrogens is 344 g/mol. The Kier molecular flexibility index (Phi) is 5.51. The molecule has 0 radical (unpaired) electrons. The van der Waals surface area contributed by atoms with E-state index in [0.717, 1.165) is 30.9 Å². The Morgan fingerprint density at radius 3 is 2.26 bits per heavy atom. The largest absolute Gasteiger partial charge is 0.492 e. The molecule has 0 aliphatic rings. The zero-order valence-corrected chi connectivity index (χ0v) is 15.5. The molecular formula is C18H24N8O. The number of nitrogens with two attached hydrogens (primary N) is 3. The summed E-state index contributed by atoms with van der Waals surface area (Å²) in [6.45, 7) is 7.82. The van der Waals surface area contributed by atoms with E-state index in [0.29, 0.717) is 17.8 Å². The number of nitrogen functional groups attached to an aromatic ring is 3. The second kappa shape index (κ2) is 8.00. The number of fused-ring (bicyclic) bond motifs is 1. The molecule has 0 bridgehead atoms. The highest BCUT2D eigenvalue weighted by atomic mass is 16.5. The van der Waals surface area contributed by atoms with Gasteiger partial charge in [-0.2, -0.15) is 9.97 Å². The van der Waals surface area contributed by atoms with Gasteiger partial charge in [0.05, 0.1) is 0 Å². The maximum atomic E-state index is 6.05. The van der Waals surface area contributed by atoms with Crippen LogP contribution >= 0.6 is 0 Å². The first-order chi connectivity index (χ1) is 13.0. The van der Waals surface area contributed by atoms with Crippen LogP contribution in [0, 0.1) is 0 Å². The predicted octanol–water partition coefficient (Wildman–Crippen LogP) is 1.55. The Balaban J connectivity index is 1.79. The van der Waals surface area contributed by atoms with E-state index in [1.165, 1.54) is 0 Å². The van der Waals surface area contributed by atoms with Gasteiger partial charge in [0.2, 0.25) is 5.95 Å². The number of hydrogen-bond acceptors (Lipinski definition) is 9. The lowest BCUT2D eigenvalue weighted by atomic mass is 10.1. The number of ether oxygens (including phenoxy) is 1. The minimum Gasteiger partial charge on any atom is -0.492 e. The van der Waals surface area contributed by atoms with Gasteiger partial charge in [0.25, 0.3) is 0 Å². The molecule has 0 atom stereocenters. The van der Waals surface area contributed by atoms with Gasteiger partial charge in [0.15, 0.2) is 22.8 Å². The molecule has 0 fully saturated rings. The van der Waals surface area contributed by atoms with Crippen LogP contribution in [0.5, 0.6) is 5.75 Å². The zero-order chi connectivity index (χ0) is 19.4. The van der Waals surface area contributed by atoms with Crippen LogP contribution in [0.2, 0.25) is 0 Å². The SMILES string of the molecule is CCN(CC)CCOc1ccc(-c2nc3c(N)nc(N)nc3nc2N)cc1. The fraction of sp³-hybridized carbons (Fsp3) is 0.333. The van der Waals surface area contributed by atoms with E-state index in [1.807, 2.05) is 24.3 Å². The summed E-state index contributed by atoms with van der Waals surface area (Å²) in [4.78, 5) is 19.0. The van der Waals surface area contributed by atoms with Crippen molar-refractivity contribution in [3.05, 3.63) is 24.3 Å². The Hall–Kier alpha value is -3.20. The Morgan fingerprint density at radius 1 is 0.889 bits per heavy atom. The number of anilines is 3. The van der Waals surface area contributed by atoms with Crippen molar-refractivity contribution in [1.82, 2.24) is 24.8 Å². The summed E-state index contributed by atoms with van der Waals surface area (Å²) in [6.07, 6.45) is 0. The van der Waals surface area contributed by atoms with Crippen LogP contribution in [-0.4, -0.2) is 51.1 Å².